The van der Waals surface area contributed by atoms with Crippen molar-refractivity contribution in [1.82, 2.24) is 9.80 Å². The van der Waals surface area contributed by atoms with Crippen LogP contribution in [0.1, 0.15) is 23.1 Å². The maximum absolute atomic E-state index is 15.3. The number of sulfonamides is 1. The summed E-state index contributed by atoms with van der Waals surface area (Å²) in [4.78, 5) is 31.6. The quantitative estimate of drug-likeness (QED) is 0.341. The highest BCUT2D eigenvalue weighted by Gasteiger charge is 2.64. The molecule has 3 atom stereocenters. The highest BCUT2D eigenvalue weighted by Crippen LogP contribution is 2.55. The number of fused-ring (bicyclic) bond motifs is 1. The van der Waals surface area contributed by atoms with Gasteiger partial charge in [-0.1, -0.05) is 22.0 Å². The van der Waals surface area contributed by atoms with Gasteiger partial charge in [-0.15, -0.1) is 0 Å². The zero-order chi connectivity index (χ0) is 32.8. The van der Waals surface area contributed by atoms with Crippen molar-refractivity contribution in [1.29, 1.82) is 0 Å². The van der Waals surface area contributed by atoms with Gasteiger partial charge in [-0.2, -0.15) is 0 Å². The third-order valence-corrected chi connectivity index (χ3v) is 10.5. The first-order chi connectivity index (χ1) is 21.4. The molecule has 45 heavy (non-hydrogen) atoms. The summed E-state index contributed by atoms with van der Waals surface area (Å²) in [7, 11) is 2.60. The molecule has 240 valence electrons. The van der Waals surface area contributed by atoms with Gasteiger partial charge in [0.2, 0.25) is 5.91 Å². The zero-order valence-corrected chi connectivity index (χ0v) is 27.8. The Labute approximate surface area is 269 Å². The number of hydrogen-bond donors (Lipinski definition) is 2. The summed E-state index contributed by atoms with van der Waals surface area (Å²) >= 11 is 3.49. The van der Waals surface area contributed by atoms with Crippen LogP contribution < -0.4 is 18.5 Å². The van der Waals surface area contributed by atoms with Crippen LogP contribution in [0.2, 0.25) is 0 Å². The molecule has 2 heterocycles. The molecule has 2 aliphatic heterocycles. The molecule has 0 aromatic heterocycles. The van der Waals surface area contributed by atoms with E-state index >= 15 is 4.79 Å². The molecule has 0 radical (unpaired) electrons. The van der Waals surface area contributed by atoms with Crippen LogP contribution >= 0.6 is 15.9 Å². The first kappa shape index (κ1) is 32.7. The predicted molar refractivity (Wildman–Crippen MR) is 168 cm³/mol. The molecule has 14 heteroatoms. The number of carbonyl (C=O) groups is 2. The Morgan fingerprint density at radius 3 is 2.33 bits per heavy atom. The second-order valence-corrected chi connectivity index (χ2v) is 13.6. The van der Waals surface area contributed by atoms with Crippen LogP contribution in [0, 0.1) is 0 Å². The number of likely N-dealkylation sites (N-methyl/N-ethyl adjacent to an activating group) is 1. The molecule has 2 amide bonds. The minimum absolute atomic E-state index is 0.00353. The number of amides is 2. The van der Waals surface area contributed by atoms with Crippen molar-refractivity contribution >= 4 is 43.5 Å². The fourth-order valence-corrected chi connectivity index (χ4v) is 8.18. The Morgan fingerprint density at radius 1 is 1.00 bits per heavy atom. The third-order valence-electron chi connectivity index (χ3n) is 8.22. The molecule has 1 fully saturated rings. The molecule has 1 saturated heterocycles. The molecule has 3 aromatic carbocycles. The van der Waals surface area contributed by atoms with E-state index in [1.165, 1.54) is 50.5 Å². The van der Waals surface area contributed by atoms with Crippen LogP contribution in [0.5, 0.6) is 17.2 Å². The Morgan fingerprint density at radius 2 is 1.71 bits per heavy atom. The molecule has 3 aromatic rings. The van der Waals surface area contributed by atoms with Gasteiger partial charge in [0.05, 0.1) is 45.8 Å². The normalized spacial score (nSPS) is 21.5. The number of aliphatic hydroxyl groups excluding tert-OH is 2. The van der Waals surface area contributed by atoms with Crippen LogP contribution in [0.4, 0.5) is 5.69 Å². The number of β-amino-alcohol motifs (C(OH)–C–C–N with tert-alkyl or cyclic N) is 1. The number of hydrogen-bond acceptors (Lipinski definition) is 10. The maximum Gasteiger partial charge on any atom is 0.274 e. The lowest BCUT2D eigenvalue weighted by Crippen LogP contribution is -2.59. The number of carbonyl (C=O) groups excluding carboxylic acids is 2. The van der Waals surface area contributed by atoms with E-state index in [4.69, 9.17) is 14.2 Å². The lowest BCUT2D eigenvalue weighted by molar-refractivity contribution is -0.138. The van der Waals surface area contributed by atoms with Gasteiger partial charge in [0.1, 0.15) is 22.1 Å². The van der Waals surface area contributed by atoms with Crippen LogP contribution in [0.3, 0.4) is 0 Å². The van der Waals surface area contributed by atoms with Crippen LogP contribution in [-0.2, 0) is 31.8 Å². The number of aliphatic hydroxyl groups is 2. The topological polar surface area (TPSA) is 146 Å². The number of benzene rings is 3. The van der Waals surface area contributed by atoms with Gasteiger partial charge in [0, 0.05) is 42.3 Å². The predicted octanol–water partition coefficient (Wildman–Crippen LogP) is 2.47. The van der Waals surface area contributed by atoms with Crippen LogP contribution in [-0.4, -0.2) is 94.4 Å². The Balaban J connectivity index is 1.89. The standard InChI is InChI=1S/C31H34BrN3O9S/c1-33(2)29(38)25-14-20(37)16-34(25)31(23-12-18(17-36)6-10-26(23)43-4)22-13-19(32)7-9-24(22)35(30(31)39)45(40,41)28-11-8-21(42-3)15-27(28)44-5/h6-13,15,20,25,36-37H,14,16-17H2,1-5H3/t20-,25+,31?/m1/s1. The summed E-state index contributed by atoms with van der Waals surface area (Å²) in [6, 6.07) is 12.6. The molecule has 0 aliphatic carbocycles. The van der Waals surface area contributed by atoms with Crippen molar-refractivity contribution < 1.29 is 42.4 Å². The van der Waals surface area contributed by atoms with E-state index in [0.717, 1.165) is 0 Å². The number of likely N-dealkylation sites (tertiary alicyclic amines) is 1. The number of ether oxygens (including phenoxy) is 3. The Hall–Kier alpha value is -3.69. The fourth-order valence-electron chi connectivity index (χ4n) is 6.22. The summed E-state index contributed by atoms with van der Waals surface area (Å²) in [5.41, 5.74) is -1.11. The number of anilines is 1. The molecule has 2 aliphatic rings. The van der Waals surface area contributed by atoms with E-state index in [9.17, 15) is 23.4 Å². The van der Waals surface area contributed by atoms with Crippen molar-refractivity contribution in [3.8, 4) is 17.2 Å². The second-order valence-electron chi connectivity index (χ2n) is 10.9. The highest BCUT2D eigenvalue weighted by atomic mass is 79.9. The van der Waals surface area contributed by atoms with Crippen molar-refractivity contribution in [3.63, 3.8) is 0 Å². The summed E-state index contributed by atoms with van der Waals surface area (Å²) in [6.45, 7) is -0.533. The minimum atomic E-state index is -4.68. The van der Waals surface area contributed by atoms with Crippen molar-refractivity contribution in [2.24, 2.45) is 0 Å². The monoisotopic (exact) mass is 703 g/mol. The van der Waals surface area contributed by atoms with Gasteiger partial charge < -0.3 is 29.3 Å². The van der Waals surface area contributed by atoms with E-state index in [0.29, 0.717) is 20.1 Å². The fraction of sp³-hybridized carbons (Fsp3) is 0.355. The highest BCUT2D eigenvalue weighted by molar-refractivity contribution is 9.10. The average molecular weight is 705 g/mol. The molecule has 0 bridgehead atoms. The first-order valence-electron chi connectivity index (χ1n) is 13.9. The van der Waals surface area contributed by atoms with Gasteiger partial charge in [0.15, 0.2) is 5.54 Å². The number of halogens is 1. The second kappa shape index (κ2) is 12.2. The van der Waals surface area contributed by atoms with Gasteiger partial charge in [-0.25, -0.2) is 12.7 Å². The summed E-state index contributed by atoms with van der Waals surface area (Å²) in [5.74, 6) is -0.794. The van der Waals surface area contributed by atoms with Crippen molar-refractivity contribution in [2.45, 2.75) is 35.6 Å². The minimum Gasteiger partial charge on any atom is -0.497 e. The first-order valence-corrected chi connectivity index (χ1v) is 16.2. The van der Waals surface area contributed by atoms with E-state index < -0.39 is 33.6 Å². The van der Waals surface area contributed by atoms with Crippen molar-refractivity contribution in [2.75, 3.05) is 46.3 Å². The summed E-state index contributed by atoms with van der Waals surface area (Å²) in [5, 5.41) is 21.1. The molecular weight excluding hydrogens is 670 g/mol. The number of nitrogens with zero attached hydrogens (tertiary/aromatic N) is 3. The molecular formula is C31H34BrN3O9S. The maximum atomic E-state index is 15.3. The van der Waals surface area contributed by atoms with E-state index in [1.54, 1.807) is 49.3 Å². The Bertz CT molecular complexity index is 1770. The molecule has 5 rings (SSSR count). The smallest absolute Gasteiger partial charge is 0.274 e. The van der Waals surface area contributed by atoms with Gasteiger partial charge in [0.25, 0.3) is 15.9 Å². The van der Waals surface area contributed by atoms with E-state index in [2.05, 4.69) is 15.9 Å². The van der Waals surface area contributed by atoms with Crippen molar-refractivity contribution in [3.05, 3.63) is 75.8 Å². The van der Waals surface area contributed by atoms with E-state index in [-0.39, 0.29) is 58.7 Å². The lowest BCUT2D eigenvalue weighted by Gasteiger charge is -2.42. The number of methoxy groups -OCH3 is 3. The Kier molecular flexibility index (Phi) is 8.90. The zero-order valence-electron chi connectivity index (χ0n) is 25.4. The van der Waals surface area contributed by atoms with E-state index in [1.807, 2.05) is 0 Å². The lowest BCUT2D eigenvalue weighted by atomic mass is 9.80. The SMILES string of the molecule is COc1ccc(S(=O)(=O)N2C(=O)C(c3cc(CO)ccc3OC)(N3C[C@H](O)C[C@H]3C(=O)N(C)C)c3cc(Br)ccc32)c(OC)c1. The largest absolute Gasteiger partial charge is 0.497 e. The van der Waals surface area contributed by atoms with Gasteiger partial charge >= 0.3 is 0 Å². The summed E-state index contributed by atoms with van der Waals surface area (Å²) in [6.07, 6.45) is -1.02. The van der Waals surface area contributed by atoms with Gasteiger partial charge in [-0.05, 0) is 54.4 Å². The number of rotatable bonds is 9. The van der Waals surface area contributed by atoms with Crippen LogP contribution in [0.15, 0.2) is 64.0 Å². The molecule has 0 saturated carbocycles. The van der Waals surface area contributed by atoms with Gasteiger partial charge in [-0.3, -0.25) is 14.5 Å². The molecule has 0 spiro atoms. The average Bonchev–Trinajstić information content (AvgIpc) is 3.54. The molecule has 12 nitrogen and oxygen atoms in total. The summed E-state index contributed by atoms with van der Waals surface area (Å²) < 4.78 is 46.9. The van der Waals surface area contributed by atoms with Crippen LogP contribution in [0.25, 0.3) is 0 Å². The third kappa shape index (κ3) is 5.14. The molecule has 1 unspecified atom stereocenters. The molecule has 2 N–H and O–H groups in total.